The van der Waals surface area contributed by atoms with Gasteiger partial charge in [0.2, 0.25) is 11.5 Å². The average Bonchev–Trinajstić information content (AvgIpc) is 2.95. The Kier molecular flexibility index (Phi) is 5.36. The fraction of sp³-hybridized carbons (Fsp3) is 0.375. The topological polar surface area (TPSA) is 67.2 Å². The summed E-state index contributed by atoms with van der Waals surface area (Å²) in [6, 6.07) is 1.96. The van der Waals surface area contributed by atoms with E-state index >= 15 is 0 Å². The van der Waals surface area contributed by atoms with Crippen molar-refractivity contribution in [1.82, 2.24) is 14.9 Å². The van der Waals surface area contributed by atoms with Gasteiger partial charge in [-0.15, -0.1) is 0 Å². The fourth-order valence-electron chi connectivity index (χ4n) is 2.46. The summed E-state index contributed by atoms with van der Waals surface area (Å²) in [5.41, 5.74) is -3.34. The quantitative estimate of drug-likeness (QED) is 0.788. The summed E-state index contributed by atoms with van der Waals surface area (Å²) in [6.07, 6.45) is -4.23. The normalized spacial score (nSPS) is 15.4. The van der Waals surface area contributed by atoms with Crippen LogP contribution in [0.15, 0.2) is 30.6 Å². The number of aryl methyl sites for hydroxylation is 1. The Morgan fingerprint density at radius 1 is 1.31 bits per heavy atom. The lowest BCUT2D eigenvalue weighted by Crippen LogP contribution is -2.48. The zero-order valence-electron chi connectivity index (χ0n) is 13.8. The van der Waals surface area contributed by atoms with Crippen molar-refractivity contribution in [1.29, 1.82) is 0 Å². The van der Waals surface area contributed by atoms with Gasteiger partial charge in [0.25, 0.3) is 0 Å². The third-order valence-electron chi connectivity index (χ3n) is 3.90. The number of hydrogen-bond acceptors (Lipinski definition) is 3. The number of aliphatic hydroxyl groups is 1. The first-order valence-corrected chi connectivity index (χ1v) is 7.47. The lowest BCUT2D eigenvalue weighted by Gasteiger charge is -2.29. The molecule has 0 aliphatic rings. The Morgan fingerprint density at radius 3 is 2.46 bits per heavy atom. The van der Waals surface area contributed by atoms with Crippen molar-refractivity contribution in [3.8, 4) is 0 Å². The molecule has 2 N–H and O–H groups in total. The summed E-state index contributed by atoms with van der Waals surface area (Å²) in [4.78, 5) is 15.6. The highest BCUT2D eigenvalue weighted by Gasteiger charge is 2.58. The van der Waals surface area contributed by atoms with Gasteiger partial charge in [0.1, 0.15) is 0 Å². The summed E-state index contributed by atoms with van der Waals surface area (Å²) in [5, 5.41) is 12.4. The second kappa shape index (κ2) is 7.02. The zero-order chi connectivity index (χ0) is 19.7. The van der Waals surface area contributed by atoms with Gasteiger partial charge in [-0.2, -0.15) is 13.2 Å². The largest absolute Gasteiger partial charge is 0.425 e. The number of hydrogen-bond donors (Lipinski definition) is 2. The molecular formula is C16H16F5N3O2. The van der Waals surface area contributed by atoms with Crippen molar-refractivity contribution >= 4 is 5.91 Å². The first-order valence-electron chi connectivity index (χ1n) is 7.47. The minimum absolute atomic E-state index is 0.157. The first-order chi connectivity index (χ1) is 12.0. The lowest BCUT2D eigenvalue weighted by molar-refractivity contribution is -0.271. The van der Waals surface area contributed by atoms with Gasteiger partial charge in [0.05, 0.1) is 12.5 Å². The van der Waals surface area contributed by atoms with E-state index in [0.717, 1.165) is 22.9 Å². The predicted molar refractivity (Wildman–Crippen MR) is 80.7 cm³/mol. The van der Waals surface area contributed by atoms with Crippen LogP contribution in [0.1, 0.15) is 30.8 Å². The summed E-state index contributed by atoms with van der Waals surface area (Å²) in [5.74, 6) is -4.11. The van der Waals surface area contributed by atoms with E-state index in [1.165, 1.54) is 26.2 Å². The summed E-state index contributed by atoms with van der Waals surface area (Å²) in [7, 11) is 1.25. The highest BCUT2D eigenvalue weighted by atomic mass is 19.4. The minimum Gasteiger partial charge on any atom is -0.374 e. The maximum atomic E-state index is 13.4. The highest BCUT2D eigenvalue weighted by Crippen LogP contribution is 2.40. The molecule has 0 spiro atoms. The molecule has 2 rings (SSSR count). The number of halogens is 5. The molecule has 0 saturated heterocycles. The third kappa shape index (κ3) is 3.85. The molecule has 1 heterocycles. The van der Waals surface area contributed by atoms with Crippen LogP contribution < -0.4 is 5.32 Å². The molecule has 0 aliphatic heterocycles. The molecule has 0 saturated carbocycles. The van der Waals surface area contributed by atoms with Gasteiger partial charge in [-0.3, -0.25) is 4.79 Å². The molecule has 0 fully saturated rings. The number of nitrogens with one attached hydrogen (secondary N) is 1. The van der Waals surface area contributed by atoms with Crippen LogP contribution in [0.25, 0.3) is 0 Å². The van der Waals surface area contributed by atoms with E-state index < -0.39 is 47.6 Å². The van der Waals surface area contributed by atoms with E-state index in [4.69, 9.17) is 0 Å². The van der Waals surface area contributed by atoms with Crippen LogP contribution in [-0.2, 0) is 17.4 Å². The zero-order valence-corrected chi connectivity index (χ0v) is 13.8. The molecule has 0 bridgehead atoms. The molecular weight excluding hydrogens is 361 g/mol. The van der Waals surface area contributed by atoms with Crippen LogP contribution in [0.5, 0.6) is 0 Å². The lowest BCUT2D eigenvalue weighted by atomic mass is 9.96. The van der Waals surface area contributed by atoms with Crippen LogP contribution in [0.2, 0.25) is 0 Å². The van der Waals surface area contributed by atoms with E-state index in [2.05, 4.69) is 10.3 Å². The van der Waals surface area contributed by atoms with Crippen molar-refractivity contribution in [3.63, 3.8) is 0 Å². The molecule has 2 unspecified atom stereocenters. The molecule has 2 atom stereocenters. The van der Waals surface area contributed by atoms with Crippen LogP contribution in [-0.4, -0.2) is 26.7 Å². The smallest absolute Gasteiger partial charge is 0.374 e. The van der Waals surface area contributed by atoms with Gasteiger partial charge >= 0.3 is 6.18 Å². The van der Waals surface area contributed by atoms with Crippen LogP contribution in [0.3, 0.4) is 0 Å². The van der Waals surface area contributed by atoms with Crippen LogP contribution in [0, 0.1) is 11.6 Å². The van der Waals surface area contributed by atoms with Gasteiger partial charge in [-0.05, 0) is 24.6 Å². The molecule has 1 aromatic carbocycles. The van der Waals surface area contributed by atoms with E-state index in [1.54, 1.807) is 0 Å². The maximum Gasteiger partial charge on any atom is 0.425 e. The highest BCUT2D eigenvalue weighted by molar-refractivity contribution is 5.77. The minimum atomic E-state index is -5.16. The Labute approximate surface area is 145 Å². The summed E-state index contributed by atoms with van der Waals surface area (Å²) >= 11 is 0. The summed E-state index contributed by atoms with van der Waals surface area (Å²) in [6.45, 7) is 1.39. The number of imidazole rings is 1. The molecule has 0 aliphatic carbocycles. The summed E-state index contributed by atoms with van der Waals surface area (Å²) < 4.78 is 67.3. The molecule has 2 aromatic rings. The number of benzene rings is 1. The molecule has 10 heteroatoms. The second-order valence-corrected chi connectivity index (χ2v) is 5.86. The van der Waals surface area contributed by atoms with E-state index in [0.29, 0.717) is 0 Å². The van der Waals surface area contributed by atoms with E-state index in [9.17, 15) is 31.9 Å². The van der Waals surface area contributed by atoms with Crippen molar-refractivity contribution < 1.29 is 31.9 Å². The van der Waals surface area contributed by atoms with Gasteiger partial charge in [-0.25, -0.2) is 13.8 Å². The third-order valence-corrected chi connectivity index (χ3v) is 3.90. The Morgan fingerprint density at radius 2 is 1.96 bits per heavy atom. The SMILES string of the molecule is CC(NC(=O)CC(O)(c1nccn1C)C(F)(F)F)c1ccc(F)c(F)c1. The van der Waals surface area contributed by atoms with Gasteiger partial charge in [-0.1, -0.05) is 6.07 Å². The predicted octanol–water partition coefficient (Wildman–Crippen LogP) is 2.72. The van der Waals surface area contributed by atoms with Crippen LogP contribution in [0.4, 0.5) is 22.0 Å². The van der Waals surface area contributed by atoms with Crippen molar-refractivity contribution in [2.24, 2.45) is 7.05 Å². The Bertz CT molecular complexity index is 805. The maximum absolute atomic E-state index is 13.4. The second-order valence-electron chi connectivity index (χ2n) is 5.86. The van der Waals surface area contributed by atoms with Gasteiger partial charge < -0.3 is 15.0 Å². The number of alkyl halides is 3. The first kappa shape index (κ1) is 19.8. The number of carbonyl (C=O) groups is 1. The monoisotopic (exact) mass is 377 g/mol. The molecule has 0 radical (unpaired) electrons. The number of aromatic nitrogens is 2. The van der Waals surface area contributed by atoms with Crippen LogP contribution >= 0.6 is 0 Å². The molecule has 1 aromatic heterocycles. The number of amides is 1. The van der Waals surface area contributed by atoms with E-state index in [-0.39, 0.29) is 5.56 Å². The van der Waals surface area contributed by atoms with Crippen molar-refractivity contribution in [3.05, 3.63) is 53.6 Å². The Hall–Kier alpha value is -2.49. The number of carbonyl (C=O) groups excluding carboxylic acids is 1. The standard InChI is InChI=1S/C16H16F5N3O2/c1-9(10-3-4-11(17)12(18)7-10)23-13(25)8-15(26,16(19,20)21)14-22-5-6-24(14)2/h3-7,9,26H,8H2,1-2H3,(H,23,25). The average molecular weight is 377 g/mol. The molecule has 5 nitrogen and oxygen atoms in total. The van der Waals surface area contributed by atoms with Gasteiger partial charge in [0, 0.05) is 19.4 Å². The van der Waals surface area contributed by atoms with Gasteiger partial charge in [0.15, 0.2) is 17.5 Å². The number of rotatable bonds is 5. The Balaban J connectivity index is 2.20. The van der Waals surface area contributed by atoms with Crippen molar-refractivity contribution in [2.75, 3.05) is 0 Å². The van der Waals surface area contributed by atoms with Crippen molar-refractivity contribution in [2.45, 2.75) is 31.2 Å². The number of nitrogens with zero attached hydrogens (tertiary/aromatic N) is 2. The molecule has 142 valence electrons. The fourth-order valence-corrected chi connectivity index (χ4v) is 2.46. The van der Waals surface area contributed by atoms with E-state index in [1.807, 2.05) is 0 Å². The molecule has 26 heavy (non-hydrogen) atoms. The molecule has 1 amide bonds.